The van der Waals surface area contributed by atoms with Crippen LogP contribution in [0.1, 0.15) is 6.92 Å². The van der Waals surface area contributed by atoms with Crippen molar-refractivity contribution >= 4 is 0 Å². The van der Waals surface area contributed by atoms with E-state index >= 15 is 0 Å². The molecule has 0 aromatic carbocycles. The van der Waals surface area contributed by atoms with Crippen LogP contribution in [-0.2, 0) is 0 Å². The Morgan fingerprint density at radius 2 is 2.25 bits per heavy atom. The van der Waals surface area contributed by atoms with Crippen molar-refractivity contribution in [3.63, 3.8) is 0 Å². The number of hydrogen-bond donors (Lipinski definition) is 3. The highest BCUT2D eigenvalue weighted by atomic mass is 15.1. The molecule has 1 unspecified atom stereocenters. The molecule has 3 heteroatoms. The lowest BCUT2D eigenvalue weighted by Gasteiger charge is -2.09. The zero-order valence-electron chi connectivity index (χ0n) is 5.57. The van der Waals surface area contributed by atoms with Crippen molar-refractivity contribution in [2.75, 3.05) is 20.1 Å². The first-order valence-corrected chi connectivity index (χ1v) is 2.94. The van der Waals surface area contributed by atoms with Crippen molar-refractivity contribution in [1.82, 2.24) is 10.6 Å². The fourth-order valence-corrected chi connectivity index (χ4v) is 0.554. The van der Waals surface area contributed by atoms with Crippen LogP contribution in [0, 0.1) is 0 Å². The van der Waals surface area contributed by atoms with Crippen molar-refractivity contribution in [1.29, 1.82) is 0 Å². The van der Waals surface area contributed by atoms with Gasteiger partial charge in [0.2, 0.25) is 0 Å². The van der Waals surface area contributed by atoms with E-state index in [0.29, 0.717) is 0 Å². The standard InChI is InChI=1S/C5H15N3/c1-3-8-5(6)4-7-2/h5,7-8H,3-4,6H2,1-2H3. The molecule has 0 saturated heterocycles. The van der Waals surface area contributed by atoms with E-state index in [1.54, 1.807) is 0 Å². The number of likely N-dealkylation sites (N-methyl/N-ethyl adjacent to an activating group) is 2. The van der Waals surface area contributed by atoms with Gasteiger partial charge in [-0.2, -0.15) is 0 Å². The number of rotatable bonds is 4. The van der Waals surface area contributed by atoms with Gasteiger partial charge >= 0.3 is 0 Å². The lowest BCUT2D eigenvalue weighted by molar-refractivity contribution is 0.519. The fourth-order valence-electron chi connectivity index (χ4n) is 0.554. The lowest BCUT2D eigenvalue weighted by Crippen LogP contribution is -2.44. The van der Waals surface area contributed by atoms with Gasteiger partial charge < -0.3 is 16.4 Å². The van der Waals surface area contributed by atoms with Gasteiger partial charge in [0.05, 0.1) is 6.17 Å². The van der Waals surface area contributed by atoms with Gasteiger partial charge in [-0.3, -0.25) is 0 Å². The summed E-state index contributed by atoms with van der Waals surface area (Å²) < 4.78 is 0. The Balaban J connectivity index is 2.92. The third-order valence-electron chi connectivity index (χ3n) is 0.890. The molecule has 0 amide bonds. The van der Waals surface area contributed by atoms with E-state index in [4.69, 9.17) is 5.73 Å². The van der Waals surface area contributed by atoms with Crippen LogP contribution >= 0.6 is 0 Å². The molecule has 8 heavy (non-hydrogen) atoms. The molecule has 1 atom stereocenters. The average Bonchev–Trinajstić information content (AvgIpc) is 1.68. The van der Waals surface area contributed by atoms with E-state index in [0.717, 1.165) is 13.1 Å². The second-order valence-corrected chi connectivity index (χ2v) is 1.72. The summed E-state index contributed by atoms with van der Waals surface area (Å²) in [6, 6.07) is 0. The summed E-state index contributed by atoms with van der Waals surface area (Å²) in [7, 11) is 1.89. The normalized spacial score (nSPS) is 13.9. The van der Waals surface area contributed by atoms with E-state index in [1.165, 1.54) is 0 Å². The minimum absolute atomic E-state index is 0.102. The van der Waals surface area contributed by atoms with Gasteiger partial charge in [0, 0.05) is 6.54 Å². The van der Waals surface area contributed by atoms with E-state index in [9.17, 15) is 0 Å². The Labute approximate surface area is 50.6 Å². The first-order valence-electron chi connectivity index (χ1n) is 2.94. The fraction of sp³-hybridized carbons (Fsp3) is 1.00. The topological polar surface area (TPSA) is 50.1 Å². The summed E-state index contributed by atoms with van der Waals surface area (Å²) in [6.07, 6.45) is 0.102. The van der Waals surface area contributed by atoms with Crippen LogP contribution in [-0.4, -0.2) is 26.3 Å². The molecule has 0 rings (SSSR count). The molecule has 0 fully saturated rings. The third-order valence-corrected chi connectivity index (χ3v) is 0.890. The average molecular weight is 117 g/mol. The third kappa shape index (κ3) is 4.05. The Kier molecular flexibility index (Phi) is 4.95. The first kappa shape index (κ1) is 7.88. The zero-order valence-corrected chi connectivity index (χ0v) is 5.57. The van der Waals surface area contributed by atoms with Crippen molar-refractivity contribution in [2.45, 2.75) is 13.1 Å². The smallest absolute Gasteiger partial charge is 0.0674 e. The molecule has 0 aliphatic carbocycles. The molecule has 0 radical (unpaired) electrons. The summed E-state index contributed by atoms with van der Waals surface area (Å²) in [5.74, 6) is 0. The minimum atomic E-state index is 0.102. The van der Waals surface area contributed by atoms with Crippen LogP contribution < -0.4 is 16.4 Å². The van der Waals surface area contributed by atoms with E-state index in [-0.39, 0.29) is 6.17 Å². The number of nitrogens with one attached hydrogen (secondary N) is 2. The summed E-state index contributed by atoms with van der Waals surface area (Å²) in [5, 5.41) is 6.03. The molecule has 50 valence electrons. The lowest BCUT2D eigenvalue weighted by atomic mass is 10.5. The van der Waals surface area contributed by atoms with E-state index in [2.05, 4.69) is 10.6 Å². The second kappa shape index (κ2) is 5.03. The van der Waals surface area contributed by atoms with Crippen molar-refractivity contribution in [3.8, 4) is 0 Å². The zero-order chi connectivity index (χ0) is 6.41. The maximum absolute atomic E-state index is 5.52. The SMILES string of the molecule is CCNC(N)CNC. The highest BCUT2D eigenvalue weighted by Gasteiger charge is 1.93. The molecule has 0 aliphatic heterocycles. The largest absolute Gasteiger partial charge is 0.317 e. The summed E-state index contributed by atoms with van der Waals surface area (Å²) in [4.78, 5) is 0. The highest BCUT2D eigenvalue weighted by Crippen LogP contribution is 1.63. The highest BCUT2D eigenvalue weighted by molar-refractivity contribution is 4.57. The quantitative estimate of drug-likeness (QED) is 0.418. The van der Waals surface area contributed by atoms with Crippen LogP contribution in [0.15, 0.2) is 0 Å². The van der Waals surface area contributed by atoms with Gasteiger partial charge in [0.25, 0.3) is 0 Å². The Morgan fingerprint density at radius 3 is 2.62 bits per heavy atom. The molecular formula is C5H15N3. The molecule has 4 N–H and O–H groups in total. The van der Waals surface area contributed by atoms with Crippen LogP contribution in [0.5, 0.6) is 0 Å². The molecule has 3 nitrogen and oxygen atoms in total. The number of nitrogens with two attached hydrogens (primary N) is 1. The predicted octanol–water partition coefficient (Wildman–Crippen LogP) is -0.900. The molecule has 0 spiro atoms. The monoisotopic (exact) mass is 117 g/mol. The maximum Gasteiger partial charge on any atom is 0.0674 e. The van der Waals surface area contributed by atoms with Gasteiger partial charge in [0.1, 0.15) is 0 Å². The van der Waals surface area contributed by atoms with Crippen molar-refractivity contribution in [3.05, 3.63) is 0 Å². The van der Waals surface area contributed by atoms with E-state index in [1.807, 2.05) is 14.0 Å². The van der Waals surface area contributed by atoms with Crippen molar-refractivity contribution in [2.24, 2.45) is 5.73 Å². The van der Waals surface area contributed by atoms with Gasteiger partial charge in [-0.25, -0.2) is 0 Å². The number of hydrogen-bond acceptors (Lipinski definition) is 3. The predicted molar refractivity (Wildman–Crippen MR) is 35.6 cm³/mol. The molecule has 0 aliphatic rings. The molecular weight excluding hydrogens is 102 g/mol. The maximum atomic E-state index is 5.52. The Hall–Kier alpha value is -0.120. The van der Waals surface area contributed by atoms with Gasteiger partial charge in [0.15, 0.2) is 0 Å². The summed E-state index contributed by atoms with van der Waals surface area (Å²) in [5.41, 5.74) is 5.52. The van der Waals surface area contributed by atoms with Gasteiger partial charge in [-0.1, -0.05) is 6.92 Å². The van der Waals surface area contributed by atoms with E-state index < -0.39 is 0 Å². The Morgan fingerprint density at radius 1 is 1.62 bits per heavy atom. The Bertz CT molecular complexity index is 40.9. The van der Waals surface area contributed by atoms with Gasteiger partial charge in [-0.05, 0) is 13.6 Å². The van der Waals surface area contributed by atoms with Crippen LogP contribution in [0.3, 0.4) is 0 Å². The molecule has 0 aromatic rings. The minimum Gasteiger partial charge on any atom is -0.317 e. The molecule has 0 heterocycles. The molecule has 0 aromatic heterocycles. The summed E-state index contributed by atoms with van der Waals surface area (Å²) in [6.45, 7) is 3.80. The second-order valence-electron chi connectivity index (χ2n) is 1.72. The van der Waals surface area contributed by atoms with Gasteiger partial charge in [-0.15, -0.1) is 0 Å². The molecule has 0 bridgehead atoms. The summed E-state index contributed by atoms with van der Waals surface area (Å²) >= 11 is 0. The van der Waals surface area contributed by atoms with Crippen LogP contribution in [0.4, 0.5) is 0 Å². The first-order chi connectivity index (χ1) is 3.81. The van der Waals surface area contributed by atoms with Crippen molar-refractivity contribution < 1.29 is 0 Å². The van der Waals surface area contributed by atoms with Crippen LogP contribution in [0.2, 0.25) is 0 Å². The van der Waals surface area contributed by atoms with Crippen LogP contribution in [0.25, 0.3) is 0 Å². The molecule has 0 saturated carbocycles.